The first-order valence-electron chi connectivity index (χ1n) is 5.20. The van der Waals surface area contributed by atoms with Crippen LogP contribution in [0.2, 0.25) is 0 Å². The highest BCUT2D eigenvalue weighted by molar-refractivity contribution is 5.83. The molecule has 0 atom stereocenters. The molecule has 0 unspecified atom stereocenters. The van der Waals surface area contributed by atoms with E-state index in [4.69, 9.17) is 5.73 Å². The van der Waals surface area contributed by atoms with Gasteiger partial charge in [-0.25, -0.2) is 15.0 Å². The summed E-state index contributed by atoms with van der Waals surface area (Å²) in [6.07, 6.45) is 1.75. The summed E-state index contributed by atoms with van der Waals surface area (Å²) in [4.78, 5) is 15.1. The summed E-state index contributed by atoms with van der Waals surface area (Å²) in [5.74, 6) is 1.59. The van der Waals surface area contributed by atoms with Gasteiger partial charge in [0.15, 0.2) is 17.0 Å². The second-order valence-electron chi connectivity index (χ2n) is 3.83. The van der Waals surface area contributed by atoms with Gasteiger partial charge in [0.1, 0.15) is 5.82 Å². The van der Waals surface area contributed by atoms with Crippen molar-refractivity contribution in [1.29, 1.82) is 0 Å². The maximum Gasteiger partial charge on any atom is 0.165 e. The molecule has 2 rings (SSSR count). The topological polar surface area (TPSA) is 72.9 Å². The maximum absolute atomic E-state index is 5.54. The van der Waals surface area contributed by atoms with Crippen LogP contribution in [0, 0.1) is 6.92 Å². The van der Waals surface area contributed by atoms with Crippen molar-refractivity contribution < 1.29 is 0 Å². The summed E-state index contributed by atoms with van der Waals surface area (Å²) in [5, 5.41) is 0. The Morgan fingerprint density at radius 2 is 2.19 bits per heavy atom. The summed E-state index contributed by atoms with van der Waals surface area (Å²) < 4.78 is 1.89. The molecular formula is C10H16N6. The summed E-state index contributed by atoms with van der Waals surface area (Å²) in [6.45, 7) is 3.22. The molecule has 0 aromatic carbocycles. The second-order valence-corrected chi connectivity index (χ2v) is 3.83. The number of nitrogens with zero attached hydrogens (tertiary/aromatic N) is 5. The number of rotatable bonds is 3. The van der Waals surface area contributed by atoms with E-state index in [1.807, 2.05) is 30.5 Å². The molecule has 0 spiro atoms. The van der Waals surface area contributed by atoms with Gasteiger partial charge < -0.3 is 15.2 Å². The first-order chi connectivity index (χ1) is 7.63. The SMILES string of the molecule is Cc1nc(N(C)CCN)c2ncn(C)c2n1. The number of hydrogen-bond acceptors (Lipinski definition) is 5. The summed E-state index contributed by atoms with van der Waals surface area (Å²) in [7, 11) is 3.89. The Hall–Kier alpha value is -1.69. The van der Waals surface area contributed by atoms with Crippen molar-refractivity contribution in [1.82, 2.24) is 19.5 Å². The Morgan fingerprint density at radius 3 is 2.88 bits per heavy atom. The van der Waals surface area contributed by atoms with Crippen LogP contribution in [0.4, 0.5) is 5.82 Å². The van der Waals surface area contributed by atoms with E-state index < -0.39 is 0 Å². The third-order valence-corrected chi connectivity index (χ3v) is 2.48. The predicted octanol–water partition coefficient (Wildman–Crippen LogP) is 0.0666. The highest BCUT2D eigenvalue weighted by Crippen LogP contribution is 2.20. The van der Waals surface area contributed by atoms with Crippen molar-refractivity contribution in [2.45, 2.75) is 6.92 Å². The van der Waals surface area contributed by atoms with Gasteiger partial charge in [-0.15, -0.1) is 0 Å². The monoisotopic (exact) mass is 220 g/mol. The zero-order chi connectivity index (χ0) is 11.7. The Bertz CT molecular complexity index is 503. The zero-order valence-electron chi connectivity index (χ0n) is 9.80. The van der Waals surface area contributed by atoms with Crippen LogP contribution in [0.5, 0.6) is 0 Å². The number of hydrogen-bond donors (Lipinski definition) is 1. The van der Waals surface area contributed by atoms with Gasteiger partial charge in [0.25, 0.3) is 0 Å². The lowest BCUT2D eigenvalue weighted by atomic mass is 10.4. The Morgan fingerprint density at radius 1 is 1.44 bits per heavy atom. The van der Waals surface area contributed by atoms with Gasteiger partial charge in [0, 0.05) is 27.2 Å². The lowest BCUT2D eigenvalue weighted by Gasteiger charge is -2.17. The quantitative estimate of drug-likeness (QED) is 0.792. The second kappa shape index (κ2) is 4.05. The largest absolute Gasteiger partial charge is 0.356 e. The average molecular weight is 220 g/mol. The number of nitrogens with two attached hydrogens (primary N) is 1. The fourth-order valence-electron chi connectivity index (χ4n) is 1.66. The van der Waals surface area contributed by atoms with Crippen molar-refractivity contribution >= 4 is 17.0 Å². The summed E-state index contributed by atoms with van der Waals surface area (Å²) in [5.41, 5.74) is 7.22. The molecule has 0 bridgehead atoms. The average Bonchev–Trinajstić information content (AvgIpc) is 2.60. The van der Waals surface area contributed by atoms with Crippen molar-refractivity contribution in [3.05, 3.63) is 12.2 Å². The third-order valence-electron chi connectivity index (χ3n) is 2.48. The van der Waals surface area contributed by atoms with Crippen molar-refractivity contribution in [2.24, 2.45) is 12.8 Å². The molecule has 2 N–H and O–H groups in total. The first kappa shape index (κ1) is 10.8. The molecule has 86 valence electrons. The van der Waals surface area contributed by atoms with Crippen LogP contribution in [-0.2, 0) is 7.05 Å². The van der Waals surface area contributed by atoms with Crippen LogP contribution in [0.1, 0.15) is 5.82 Å². The van der Waals surface area contributed by atoms with Gasteiger partial charge >= 0.3 is 0 Å². The smallest absolute Gasteiger partial charge is 0.165 e. The van der Waals surface area contributed by atoms with Gasteiger partial charge in [-0.05, 0) is 6.92 Å². The molecule has 0 fully saturated rings. The fraction of sp³-hybridized carbons (Fsp3) is 0.500. The molecule has 0 aliphatic rings. The van der Waals surface area contributed by atoms with Crippen LogP contribution < -0.4 is 10.6 Å². The van der Waals surface area contributed by atoms with Crippen molar-refractivity contribution in [3.63, 3.8) is 0 Å². The molecule has 0 saturated carbocycles. The lowest BCUT2D eigenvalue weighted by Crippen LogP contribution is -2.26. The minimum atomic E-state index is 0.591. The fourth-order valence-corrected chi connectivity index (χ4v) is 1.66. The molecule has 0 aliphatic carbocycles. The van der Waals surface area contributed by atoms with E-state index in [0.717, 1.165) is 29.4 Å². The Kier molecular flexibility index (Phi) is 2.74. The molecule has 0 amide bonds. The minimum absolute atomic E-state index is 0.591. The molecule has 0 radical (unpaired) electrons. The van der Waals surface area contributed by atoms with Gasteiger partial charge in [-0.1, -0.05) is 0 Å². The Balaban J connectivity index is 2.59. The molecular weight excluding hydrogens is 204 g/mol. The van der Waals surface area contributed by atoms with Crippen LogP contribution in [0.15, 0.2) is 6.33 Å². The van der Waals surface area contributed by atoms with Crippen LogP contribution in [0.3, 0.4) is 0 Å². The van der Waals surface area contributed by atoms with E-state index in [9.17, 15) is 0 Å². The molecule has 2 aromatic heterocycles. The van der Waals surface area contributed by atoms with Crippen LogP contribution in [0.25, 0.3) is 11.2 Å². The highest BCUT2D eigenvalue weighted by atomic mass is 15.2. The van der Waals surface area contributed by atoms with Crippen molar-refractivity contribution in [3.8, 4) is 0 Å². The minimum Gasteiger partial charge on any atom is -0.356 e. The lowest BCUT2D eigenvalue weighted by molar-refractivity contribution is 0.860. The first-order valence-corrected chi connectivity index (χ1v) is 5.20. The number of imidazole rings is 1. The molecule has 16 heavy (non-hydrogen) atoms. The van der Waals surface area contributed by atoms with E-state index in [2.05, 4.69) is 15.0 Å². The van der Waals surface area contributed by atoms with E-state index >= 15 is 0 Å². The molecule has 0 aliphatic heterocycles. The standard InChI is InChI=1S/C10H16N6/c1-7-13-9(15(2)5-4-11)8-10(14-7)16(3)6-12-8/h6H,4-5,11H2,1-3H3. The number of aromatic nitrogens is 4. The number of aryl methyl sites for hydroxylation is 2. The molecule has 2 aromatic rings. The normalized spacial score (nSPS) is 11.0. The molecule has 6 nitrogen and oxygen atoms in total. The molecule has 6 heteroatoms. The highest BCUT2D eigenvalue weighted by Gasteiger charge is 2.13. The number of likely N-dealkylation sites (N-methyl/N-ethyl adjacent to an activating group) is 1. The third kappa shape index (κ3) is 1.71. The van der Waals surface area contributed by atoms with E-state index in [-0.39, 0.29) is 0 Å². The van der Waals surface area contributed by atoms with E-state index in [0.29, 0.717) is 6.54 Å². The predicted molar refractivity (Wildman–Crippen MR) is 63.4 cm³/mol. The zero-order valence-corrected chi connectivity index (χ0v) is 9.80. The molecule has 2 heterocycles. The van der Waals surface area contributed by atoms with Gasteiger partial charge in [-0.3, -0.25) is 0 Å². The summed E-state index contributed by atoms with van der Waals surface area (Å²) in [6, 6.07) is 0. The van der Waals surface area contributed by atoms with E-state index in [1.54, 1.807) is 6.33 Å². The van der Waals surface area contributed by atoms with Crippen molar-refractivity contribution in [2.75, 3.05) is 25.0 Å². The van der Waals surface area contributed by atoms with Gasteiger partial charge in [0.05, 0.1) is 6.33 Å². The Labute approximate surface area is 94.1 Å². The van der Waals surface area contributed by atoms with Crippen LogP contribution >= 0.6 is 0 Å². The molecule has 0 saturated heterocycles. The number of fused-ring (bicyclic) bond motifs is 1. The summed E-state index contributed by atoms with van der Waals surface area (Å²) >= 11 is 0. The number of anilines is 1. The van der Waals surface area contributed by atoms with Crippen LogP contribution in [-0.4, -0.2) is 39.7 Å². The van der Waals surface area contributed by atoms with Gasteiger partial charge in [-0.2, -0.15) is 0 Å². The van der Waals surface area contributed by atoms with E-state index in [1.165, 1.54) is 0 Å². The maximum atomic E-state index is 5.54. The van der Waals surface area contributed by atoms with Gasteiger partial charge in [0.2, 0.25) is 0 Å².